The quantitative estimate of drug-likeness (QED) is 0.717. The van der Waals surface area contributed by atoms with Gasteiger partial charge in [-0.15, -0.1) is 0 Å². The summed E-state index contributed by atoms with van der Waals surface area (Å²) in [5.41, 5.74) is 4.98. The van der Waals surface area contributed by atoms with Crippen LogP contribution in [0.1, 0.15) is 38.5 Å². The molecule has 3 nitrogen and oxygen atoms in total. The van der Waals surface area contributed by atoms with Crippen LogP contribution < -0.4 is 5.73 Å². The predicted octanol–water partition coefficient (Wildman–Crippen LogP) is 1.85. The molecule has 2 N–H and O–H groups in total. The fourth-order valence-corrected chi connectivity index (χ4v) is 4.72. The Labute approximate surface area is 98.7 Å². The fraction of sp³-hybridized carbons (Fsp3) is 0.917. The minimum atomic E-state index is -2.45. The van der Waals surface area contributed by atoms with Crippen molar-refractivity contribution in [2.75, 3.05) is 7.11 Å². The lowest BCUT2D eigenvalue weighted by Crippen LogP contribution is -2.71. The average Bonchev–Trinajstić information content (AvgIpc) is 2.08. The van der Waals surface area contributed by atoms with E-state index in [0.29, 0.717) is 12.8 Å². The standard InChI is InChI=1S/C12H17F2NO2/c1-17-8(16)11(15)4-9(5-11)2-10(3-9)6-12(13,14)7-10/h2-7,15H2,1H3. The summed E-state index contributed by atoms with van der Waals surface area (Å²) >= 11 is 0. The number of esters is 1. The molecular formula is C12H17F2NO2. The minimum Gasteiger partial charge on any atom is -0.468 e. The topological polar surface area (TPSA) is 52.3 Å². The van der Waals surface area contributed by atoms with Crippen LogP contribution in [0.15, 0.2) is 0 Å². The number of hydrogen-bond acceptors (Lipinski definition) is 3. The van der Waals surface area contributed by atoms with Crippen LogP contribution in [0.2, 0.25) is 0 Å². The van der Waals surface area contributed by atoms with E-state index in [0.717, 1.165) is 12.8 Å². The van der Waals surface area contributed by atoms with Gasteiger partial charge in [0.15, 0.2) is 0 Å². The molecule has 0 radical (unpaired) electrons. The zero-order valence-electron chi connectivity index (χ0n) is 9.89. The third-order valence-electron chi connectivity index (χ3n) is 4.74. The maximum Gasteiger partial charge on any atom is 0.325 e. The van der Waals surface area contributed by atoms with Crippen molar-refractivity contribution in [3.63, 3.8) is 0 Å². The van der Waals surface area contributed by atoms with Crippen LogP contribution in [0.5, 0.6) is 0 Å². The number of hydrogen-bond donors (Lipinski definition) is 1. The van der Waals surface area contributed by atoms with E-state index in [-0.39, 0.29) is 29.6 Å². The summed E-state index contributed by atoms with van der Waals surface area (Å²) < 4.78 is 30.4. The van der Waals surface area contributed by atoms with Gasteiger partial charge in [-0.2, -0.15) is 0 Å². The number of alkyl halides is 2. The first-order valence-electron chi connectivity index (χ1n) is 5.98. The van der Waals surface area contributed by atoms with Gasteiger partial charge in [0.05, 0.1) is 7.11 Å². The lowest BCUT2D eigenvalue weighted by molar-refractivity contribution is -0.258. The molecule has 17 heavy (non-hydrogen) atoms. The molecule has 0 amide bonds. The van der Waals surface area contributed by atoms with Crippen LogP contribution in [0.3, 0.4) is 0 Å². The molecule has 3 fully saturated rings. The van der Waals surface area contributed by atoms with Crippen molar-refractivity contribution in [1.82, 2.24) is 0 Å². The number of ether oxygens (including phenoxy) is 1. The van der Waals surface area contributed by atoms with Gasteiger partial charge in [0.1, 0.15) is 5.54 Å². The summed E-state index contributed by atoms with van der Waals surface area (Å²) in [7, 11) is 1.33. The average molecular weight is 245 g/mol. The summed E-state index contributed by atoms with van der Waals surface area (Å²) in [4.78, 5) is 11.4. The smallest absolute Gasteiger partial charge is 0.325 e. The van der Waals surface area contributed by atoms with Crippen LogP contribution in [-0.2, 0) is 9.53 Å². The molecule has 0 aromatic heterocycles. The molecule has 0 aromatic carbocycles. The molecule has 0 heterocycles. The van der Waals surface area contributed by atoms with E-state index in [4.69, 9.17) is 5.73 Å². The molecule has 0 bridgehead atoms. The Bertz CT molecular complexity index is 370. The van der Waals surface area contributed by atoms with Crippen molar-refractivity contribution in [1.29, 1.82) is 0 Å². The van der Waals surface area contributed by atoms with Crippen LogP contribution in [0.25, 0.3) is 0 Å². The highest BCUT2D eigenvalue weighted by Gasteiger charge is 2.72. The Kier molecular flexibility index (Phi) is 1.89. The van der Waals surface area contributed by atoms with Crippen molar-refractivity contribution in [3.05, 3.63) is 0 Å². The number of nitrogens with two attached hydrogens (primary N) is 1. The van der Waals surface area contributed by atoms with Gasteiger partial charge in [0.25, 0.3) is 0 Å². The second-order valence-electron chi connectivity index (χ2n) is 6.56. The molecule has 0 saturated heterocycles. The molecular weight excluding hydrogens is 228 g/mol. The highest BCUT2D eigenvalue weighted by Crippen LogP contribution is 2.75. The van der Waals surface area contributed by atoms with E-state index in [1.54, 1.807) is 0 Å². The number of rotatable bonds is 1. The van der Waals surface area contributed by atoms with Gasteiger partial charge in [-0.05, 0) is 36.5 Å². The van der Waals surface area contributed by atoms with E-state index < -0.39 is 11.5 Å². The molecule has 5 heteroatoms. The highest BCUT2D eigenvalue weighted by molar-refractivity contribution is 5.82. The van der Waals surface area contributed by atoms with E-state index >= 15 is 0 Å². The maximum absolute atomic E-state index is 12.9. The molecule has 3 aliphatic rings. The van der Waals surface area contributed by atoms with Crippen molar-refractivity contribution in [2.24, 2.45) is 16.6 Å². The Morgan fingerprint density at radius 2 is 1.53 bits per heavy atom. The largest absolute Gasteiger partial charge is 0.468 e. The zero-order chi connectivity index (χ0) is 12.5. The molecule has 96 valence electrons. The first-order chi connectivity index (χ1) is 7.72. The second-order valence-corrected chi connectivity index (χ2v) is 6.56. The Balaban J connectivity index is 1.57. The predicted molar refractivity (Wildman–Crippen MR) is 56.4 cm³/mol. The van der Waals surface area contributed by atoms with Gasteiger partial charge in [0.2, 0.25) is 5.92 Å². The Morgan fingerprint density at radius 3 is 1.94 bits per heavy atom. The molecule has 0 atom stereocenters. The lowest BCUT2D eigenvalue weighted by atomic mass is 9.36. The van der Waals surface area contributed by atoms with Gasteiger partial charge in [0, 0.05) is 12.8 Å². The maximum atomic E-state index is 12.9. The van der Waals surface area contributed by atoms with Gasteiger partial charge in [-0.3, -0.25) is 4.79 Å². The van der Waals surface area contributed by atoms with Gasteiger partial charge in [-0.25, -0.2) is 8.78 Å². The van der Waals surface area contributed by atoms with E-state index in [1.807, 2.05) is 0 Å². The summed E-state index contributed by atoms with van der Waals surface area (Å²) in [5, 5.41) is 0. The minimum absolute atomic E-state index is 0.0253. The van der Waals surface area contributed by atoms with Crippen molar-refractivity contribution in [2.45, 2.75) is 50.0 Å². The van der Waals surface area contributed by atoms with Crippen LogP contribution in [0, 0.1) is 10.8 Å². The van der Waals surface area contributed by atoms with E-state index in [2.05, 4.69) is 4.74 Å². The first-order valence-corrected chi connectivity index (χ1v) is 5.98. The van der Waals surface area contributed by atoms with Crippen molar-refractivity contribution in [3.8, 4) is 0 Å². The molecule has 2 spiro atoms. The Morgan fingerprint density at radius 1 is 1.06 bits per heavy atom. The number of carbonyl (C=O) groups is 1. The molecule has 3 aliphatic carbocycles. The fourth-order valence-electron chi connectivity index (χ4n) is 4.72. The second kappa shape index (κ2) is 2.82. The Hall–Kier alpha value is -0.710. The molecule has 0 aromatic rings. The van der Waals surface area contributed by atoms with E-state index in [9.17, 15) is 13.6 Å². The lowest BCUT2D eigenvalue weighted by Gasteiger charge is -2.69. The van der Waals surface area contributed by atoms with Crippen LogP contribution in [0.4, 0.5) is 8.78 Å². The molecule has 3 saturated carbocycles. The number of carbonyl (C=O) groups excluding carboxylic acids is 1. The van der Waals surface area contributed by atoms with Gasteiger partial charge >= 0.3 is 5.97 Å². The monoisotopic (exact) mass is 245 g/mol. The van der Waals surface area contributed by atoms with E-state index in [1.165, 1.54) is 7.11 Å². The van der Waals surface area contributed by atoms with Gasteiger partial charge < -0.3 is 10.5 Å². The zero-order valence-corrected chi connectivity index (χ0v) is 9.89. The molecule has 0 unspecified atom stereocenters. The third kappa shape index (κ3) is 1.44. The highest BCUT2D eigenvalue weighted by atomic mass is 19.3. The first kappa shape index (κ1) is 11.4. The third-order valence-corrected chi connectivity index (χ3v) is 4.74. The molecule has 3 rings (SSSR count). The molecule has 0 aliphatic heterocycles. The number of halogens is 2. The normalized spacial score (nSPS) is 33.4. The summed E-state index contributed by atoms with van der Waals surface area (Å²) in [6.45, 7) is 0. The van der Waals surface area contributed by atoms with Crippen molar-refractivity contribution >= 4 is 5.97 Å². The summed E-state index contributed by atoms with van der Waals surface area (Å²) in [6, 6.07) is 0. The van der Waals surface area contributed by atoms with Crippen molar-refractivity contribution < 1.29 is 18.3 Å². The van der Waals surface area contributed by atoms with Gasteiger partial charge in [-0.1, -0.05) is 0 Å². The van der Waals surface area contributed by atoms with Crippen LogP contribution >= 0.6 is 0 Å². The SMILES string of the molecule is COC(=O)C1(N)CC2(CC3(CC(F)(F)C3)C2)C1. The number of methoxy groups -OCH3 is 1. The summed E-state index contributed by atoms with van der Waals surface area (Å²) in [5.74, 6) is -2.82. The van der Waals surface area contributed by atoms with Crippen LogP contribution in [-0.4, -0.2) is 24.5 Å². The summed E-state index contributed by atoms with van der Waals surface area (Å²) in [6.07, 6.45) is 2.87.